The summed E-state index contributed by atoms with van der Waals surface area (Å²) in [5.41, 5.74) is 17.5. The Labute approximate surface area is 413 Å². The Bertz CT molecular complexity index is 3560. The Kier molecular flexibility index (Phi) is 10.6. The van der Waals surface area contributed by atoms with Crippen molar-refractivity contribution in [3.05, 3.63) is 310 Å². The van der Waals surface area contributed by atoms with Gasteiger partial charge in [0.2, 0.25) is 0 Å². The number of thiophene rings is 1. The zero-order valence-electron chi connectivity index (χ0n) is 38.1. The van der Waals surface area contributed by atoms with Gasteiger partial charge in [0.1, 0.15) is 17.7 Å². The summed E-state index contributed by atoms with van der Waals surface area (Å²) < 4.78 is 0. The Balaban J connectivity index is 1.12. The average molecular weight is 910 g/mol. The van der Waals surface area contributed by atoms with Crippen LogP contribution < -0.4 is 4.90 Å². The fraction of sp³-hybridized carbons (Fsp3) is 0.0303. The highest BCUT2D eigenvalue weighted by Gasteiger charge is 2.59. The zero-order chi connectivity index (χ0) is 47.1. The van der Waals surface area contributed by atoms with E-state index < -0.39 is 10.8 Å². The molecule has 0 unspecified atom stereocenters. The Morgan fingerprint density at radius 3 is 1.19 bits per heavy atom. The van der Waals surface area contributed by atoms with Gasteiger partial charge in [-0.25, -0.2) is 0 Å². The van der Waals surface area contributed by atoms with E-state index in [4.69, 9.17) is 0 Å². The highest BCUT2D eigenvalue weighted by molar-refractivity contribution is 7.16. The summed E-state index contributed by atoms with van der Waals surface area (Å²) in [6.07, 6.45) is 1.67. The first-order chi connectivity index (χ1) is 34.6. The van der Waals surface area contributed by atoms with Crippen LogP contribution in [0.4, 0.5) is 17.1 Å². The van der Waals surface area contributed by atoms with Crippen molar-refractivity contribution in [2.45, 2.75) is 10.8 Å². The third kappa shape index (κ3) is 6.69. The molecule has 0 spiro atoms. The summed E-state index contributed by atoms with van der Waals surface area (Å²) >= 11 is 1.59. The van der Waals surface area contributed by atoms with E-state index in [1.54, 1.807) is 17.4 Å². The van der Waals surface area contributed by atoms with Gasteiger partial charge in [0.05, 0.1) is 10.8 Å². The van der Waals surface area contributed by atoms with E-state index in [2.05, 4.69) is 254 Å². The maximum Gasteiger partial charge on any atom is 0.131 e. The lowest BCUT2D eigenvalue weighted by molar-refractivity contribution is 0.801. The van der Waals surface area contributed by atoms with Gasteiger partial charge in [-0.2, -0.15) is 10.5 Å². The normalized spacial score (nSPS) is 13.6. The summed E-state index contributed by atoms with van der Waals surface area (Å²) in [4.78, 5) is 4.23. The van der Waals surface area contributed by atoms with Gasteiger partial charge in [0.25, 0.3) is 0 Å². The predicted molar refractivity (Wildman–Crippen MR) is 288 cm³/mol. The first-order valence-corrected chi connectivity index (χ1v) is 24.3. The Morgan fingerprint density at radius 1 is 0.386 bits per heavy atom. The zero-order valence-corrected chi connectivity index (χ0v) is 38.9. The highest BCUT2D eigenvalue weighted by Crippen LogP contribution is 2.70. The molecule has 328 valence electrons. The standard InChI is InChI=1S/C66H43N3S/c67-44-46(45-68)41-57-37-40-62(70-57)49-34-39-59-61(43-49)66(52-23-11-3-12-24-52,53-25-13-4-14-26-53)63-58-38-33-48(42-60(58)65(64(59)63,50-19-7-1-8-20-50)51-21-9-2-10-22-51)47-31-35-56(36-32-47)69(54-27-15-5-16-28-54)55-29-17-6-18-30-55/h1-43H. The van der Waals surface area contributed by atoms with Gasteiger partial charge in [0, 0.05) is 26.8 Å². The Hall–Kier alpha value is -9.06. The van der Waals surface area contributed by atoms with Crippen LogP contribution in [-0.4, -0.2) is 0 Å². The number of nitrogens with zero attached hydrogens (tertiary/aromatic N) is 3. The lowest BCUT2D eigenvalue weighted by Gasteiger charge is -2.38. The quantitative estimate of drug-likeness (QED) is 0.128. The molecule has 12 rings (SSSR count). The minimum absolute atomic E-state index is 0.0879. The molecule has 1 aromatic heterocycles. The molecule has 0 aliphatic heterocycles. The summed E-state index contributed by atoms with van der Waals surface area (Å²) in [7, 11) is 0. The van der Waals surface area contributed by atoms with Gasteiger partial charge >= 0.3 is 0 Å². The molecule has 0 saturated heterocycles. The number of hydrogen-bond donors (Lipinski definition) is 0. The van der Waals surface area contributed by atoms with Gasteiger partial charge in [0.15, 0.2) is 0 Å². The maximum absolute atomic E-state index is 9.58. The van der Waals surface area contributed by atoms with Gasteiger partial charge < -0.3 is 4.90 Å². The third-order valence-corrected chi connectivity index (χ3v) is 15.2. The fourth-order valence-corrected chi connectivity index (χ4v) is 12.3. The van der Waals surface area contributed by atoms with E-state index in [9.17, 15) is 10.5 Å². The summed E-state index contributed by atoms with van der Waals surface area (Å²) in [6, 6.07) is 96.8. The largest absolute Gasteiger partial charge is 0.311 e. The van der Waals surface area contributed by atoms with Crippen molar-refractivity contribution in [2.24, 2.45) is 0 Å². The average Bonchev–Trinajstić information content (AvgIpc) is 4.13. The van der Waals surface area contributed by atoms with E-state index >= 15 is 0 Å². The van der Waals surface area contributed by atoms with Gasteiger partial charge in [-0.15, -0.1) is 11.3 Å². The SMILES string of the molecule is N#CC(C#N)=Cc1ccc(-c2ccc3c(c2)C(c2ccccc2)(c2ccccc2)C2=C3C(c3ccccc3)(c3ccccc3)c3cc(-c4ccc(N(c5ccccc5)c5ccccc5)cc4)ccc32)s1. The molecular weight excluding hydrogens is 867 g/mol. The van der Waals surface area contributed by atoms with Crippen LogP contribution in [0.5, 0.6) is 0 Å². The van der Waals surface area contributed by atoms with E-state index in [1.165, 1.54) is 55.7 Å². The van der Waals surface area contributed by atoms with E-state index in [0.717, 1.165) is 43.5 Å². The number of benzene rings is 9. The number of anilines is 3. The van der Waals surface area contributed by atoms with Crippen molar-refractivity contribution in [1.82, 2.24) is 0 Å². The molecule has 0 N–H and O–H groups in total. The molecule has 1 heterocycles. The van der Waals surface area contributed by atoms with Crippen molar-refractivity contribution in [1.29, 1.82) is 10.5 Å². The van der Waals surface area contributed by atoms with Crippen molar-refractivity contribution in [2.75, 3.05) is 4.90 Å². The molecule has 0 fully saturated rings. The fourth-order valence-electron chi connectivity index (χ4n) is 11.3. The smallest absolute Gasteiger partial charge is 0.131 e. The lowest BCUT2D eigenvalue weighted by atomic mass is 9.63. The number of hydrogen-bond acceptors (Lipinski definition) is 4. The van der Waals surface area contributed by atoms with E-state index in [0.29, 0.717) is 0 Å². The maximum atomic E-state index is 9.58. The van der Waals surface area contributed by atoms with Gasteiger partial charge in [-0.1, -0.05) is 194 Å². The number of allylic oxidation sites excluding steroid dienone is 3. The summed E-state index contributed by atoms with van der Waals surface area (Å²) in [6.45, 7) is 0. The highest BCUT2D eigenvalue weighted by atomic mass is 32.1. The number of rotatable bonds is 10. The first kappa shape index (κ1) is 42.3. The van der Waals surface area contributed by atoms with E-state index in [1.807, 2.05) is 18.2 Å². The topological polar surface area (TPSA) is 50.8 Å². The lowest BCUT2D eigenvalue weighted by Crippen LogP contribution is -2.30. The van der Waals surface area contributed by atoms with Crippen LogP contribution in [0, 0.1) is 22.7 Å². The minimum Gasteiger partial charge on any atom is -0.311 e. The monoisotopic (exact) mass is 909 g/mol. The molecule has 10 aromatic rings. The number of fused-ring (bicyclic) bond motifs is 4. The molecule has 0 bridgehead atoms. The van der Waals surface area contributed by atoms with Crippen molar-refractivity contribution < 1.29 is 0 Å². The molecule has 4 heteroatoms. The number of para-hydroxylation sites is 2. The number of nitriles is 2. The molecule has 70 heavy (non-hydrogen) atoms. The minimum atomic E-state index is -0.723. The Morgan fingerprint density at radius 2 is 0.757 bits per heavy atom. The predicted octanol–water partition coefficient (Wildman–Crippen LogP) is 16.6. The van der Waals surface area contributed by atoms with Crippen LogP contribution in [0.3, 0.4) is 0 Å². The van der Waals surface area contributed by atoms with Crippen LogP contribution in [0.2, 0.25) is 0 Å². The van der Waals surface area contributed by atoms with Crippen molar-refractivity contribution >= 4 is 45.6 Å². The van der Waals surface area contributed by atoms with Crippen LogP contribution in [0.25, 0.3) is 38.8 Å². The van der Waals surface area contributed by atoms with Gasteiger partial charge in [-0.05, 0) is 139 Å². The third-order valence-electron chi connectivity index (χ3n) is 14.1. The molecule has 0 radical (unpaired) electrons. The molecule has 9 aromatic carbocycles. The van der Waals surface area contributed by atoms with Crippen LogP contribution in [0.15, 0.2) is 260 Å². The molecule has 2 aliphatic rings. The second-order valence-electron chi connectivity index (χ2n) is 17.8. The van der Waals surface area contributed by atoms with Crippen LogP contribution >= 0.6 is 11.3 Å². The second-order valence-corrected chi connectivity index (χ2v) is 18.9. The molecular formula is C66H43N3S. The van der Waals surface area contributed by atoms with Crippen molar-refractivity contribution in [3.63, 3.8) is 0 Å². The first-order valence-electron chi connectivity index (χ1n) is 23.5. The summed E-state index contributed by atoms with van der Waals surface area (Å²) in [5, 5.41) is 19.2. The van der Waals surface area contributed by atoms with Gasteiger partial charge in [-0.3, -0.25) is 0 Å². The van der Waals surface area contributed by atoms with Crippen LogP contribution in [-0.2, 0) is 10.8 Å². The molecule has 0 amide bonds. The van der Waals surface area contributed by atoms with E-state index in [-0.39, 0.29) is 5.57 Å². The second kappa shape index (κ2) is 17.5. The van der Waals surface area contributed by atoms with Crippen molar-refractivity contribution in [3.8, 4) is 33.7 Å². The summed E-state index contributed by atoms with van der Waals surface area (Å²) in [5.74, 6) is 0. The molecule has 0 saturated carbocycles. The van der Waals surface area contributed by atoms with Crippen LogP contribution in [0.1, 0.15) is 49.4 Å². The molecule has 3 nitrogen and oxygen atoms in total. The molecule has 0 atom stereocenters. The molecule has 2 aliphatic carbocycles.